The number of amides is 1. The van der Waals surface area contributed by atoms with Crippen molar-refractivity contribution in [2.75, 3.05) is 12.8 Å². The molecular weight excluding hydrogens is 382 g/mol. The zero-order valence-electron chi connectivity index (χ0n) is 16.6. The Morgan fingerprint density at radius 3 is 2.55 bits per heavy atom. The number of hydrogen-bond acceptors (Lipinski definition) is 4. The van der Waals surface area contributed by atoms with Gasteiger partial charge >= 0.3 is 0 Å². The number of nitrogens with zero attached hydrogens (tertiary/aromatic N) is 3. The van der Waals surface area contributed by atoms with Gasteiger partial charge in [-0.1, -0.05) is 67.1 Å². The predicted octanol–water partition coefficient (Wildman–Crippen LogP) is 4.26. The molecule has 4 rings (SSSR count). The van der Waals surface area contributed by atoms with E-state index in [0.717, 1.165) is 31.2 Å². The van der Waals surface area contributed by atoms with Crippen molar-refractivity contribution in [1.82, 2.24) is 14.5 Å². The SMILES string of the molecule is CN(Cc1ccccc1)C(=O)CSc1nc2ccccc2c(=O)n1C1CCCC1. The second kappa shape index (κ2) is 8.82. The topological polar surface area (TPSA) is 55.2 Å². The summed E-state index contributed by atoms with van der Waals surface area (Å²) in [5, 5.41) is 1.30. The third kappa shape index (κ3) is 4.37. The van der Waals surface area contributed by atoms with Gasteiger partial charge in [-0.05, 0) is 30.5 Å². The van der Waals surface area contributed by atoms with Crippen LogP contribution in [0.15, 0.2) is 64.5 Å². The van der Waals surface area contributed by atoms with Gasteiger partial charge in [-0.25, -0.2) is 4.98 Å². The third-order valence-corrected chi connectivity index (χ3v) is 6.42. The Hall–Kier alpha value is -2.60. The minimum Gasteiger partial charge on any atom is -0.341 e. The summed E-state index contributed by atoms with van der Waals surface area (Å²) in [5.41, 5.74) is 1.80. The van der Waals surface area contributed by atoms with Crippen molar-refractivity contribution in [2.45, 2.75) is 43.4 Å². The predicted molar refractivity (Wildman–Crippen MR) is 117 cm³/mol. The maximum Gasteiger partial charge on any atom is 0.262 e. The van der Waals surface area contributed by atoms with E-state index >= 15 is 0 Å². The summed E-state index contributed by atoms with van der Waals surface area (Å²) < 4.78 is 1.84. The lowest BCUT2D eigenvalue weighted by molar-refractivity contribution is -0.127. The van der Waals surface area contributed by atoms with Gasteiger partial charge in [0.1, 0.15) is 0 Å². The van der Waals surface area contributed by atoms with Crippen molar-refractivity contribution in [2.24, 2.45) is 0 Å². The van der Waals surface area contributed by atoms with Crippen LogP contribution in [-0.4, -0.2) is 33.2 Å². The number of fused-ring (bicyclic) bond motifs is 1. The fourth-order valence-corrected chi connectivity index (χ4v) is 4.90. The van der Waals surface area contributed by atoms with Crippen LogP contribution in [-0.2, 0) is 11.3 Å². The second-order valence-corrected chi connectivity index (χ2v) is 8.49. The molecule has 0 bridgehead atoms. The van der Waals surface area contributed by atoms with E-state index in [2.05, 4.69) is 0 Å². The summed E-state index contributed by atoms with van der Waals surface area (Å²) in [5.74, 6) is 0.292. The van der Waals surface area contributed by atoms with Crippen LogP contribution < -0.4 is 5.56 Å². The Kier molecular flexibility index (Phi) is 6.00. The zero-order valence-corrected chi connectivity index (χ0v) is 17.4. The molecule has 1 amide bonds. The number of hydrogen-bond donors (Lipinski definition) is 0. The first-order chi connectivity index (χ1) is 14.1. The molecule has 1 aliphatic carbocycles. The number of para-hydroxylation sites is 1. The number of carbonyl (C=O) groups is 1. The van der Waals surface area contributed by atoms with Crippen molar-refractivity contribution in [3.8, 4) is 0 Å². The van der Waals surface area contributed by atoms with Crippen LogP contribution in [0.1, 0.15) is 37.3 Å². The summed E-state index contributed by atoms with van der Waals surface area (Å²) in [6, 6.07) is 17.6. The molecule has 1 aromatic heterocycles. The summed E-state index contributed by atoms with van der Waals surface area (Å²) in [6.45, 7) is 0.570. The molecular formula is C23H25N3O2S. The highest BCUT2D eigenvalue weighted by molar-refractivity contribution is 7.99. The van der Waals surface area contributed by atoms with Crippen molar-refractivity contribution >= 4 is 28.6 Å². The van der Waals surface area contributed by atoms with E-state index in [1.54, 1.807) is 4.90 Å². The molecule has 1 aliphatic rings. The van der Waals surface area contributed by atoms with Crippen LogP contribution in [0.2, 0.25) is 0 Å². The highest BCUT2D eigenvalue weighted by Crippen LogP contribution is 2.32. The number of benzene rings is 2. The van der Waals surface area contributed by atoms with Crippen molar-refractivity contribution in [3.63, 3.8) is 0 Å². The zero-order chi connectivity index (χ0) is 20.2. The van der Waals surface area contributed by atoms with Gasteiger partial charge in [0.2, 0.25) is 5.91 Å². The molecule has 0 saturated heterocycles. The molecule has 1 heterocycles. The molecule has 29 heavy (non-hydrogen) atoms. The fraction of sp³-hybridized carbons (Fsp3) is 0.348. The van der Waals surface area contributed by atoms with Gasteiger partial charge in [0.05, 0.1) is 16.7 Å². The smallest absolute Gasteiger partial charge is 0.262 e. The van der Waals surface area contributed by atoms with Crippen LogP contribution in [0, 0.1) is 0 Å². The summed E-state index contributed by atoms with van der Waals surface area (Å²) in [4.78, 5) is 32.3. The minimum absolute atomic E-state index is 0.00934. The van der Waals surface area contributed by atoms with Gasteiger partial charge in [0.25, 0.3) is 5.56 Å². The average Bonchev–Trinajstić information content (AvgIpc) is 3.27. The first kappa shape index (κ1) is 19.7. The molecule has 5 nitrogen and oxygen atoms in total. The lowest BCUT2D eigenvalue weighted by Crippen LogP contribution is -2.29. The molecule has 1 fully saturated rings. The van der Waals surface area contributed by atoms with E-state index in [9.17, 15) is 9.59 Å². The summed E-state index contributed by atoms with van der Waals surface area (Å²) >= 11 is 1.37. The molecule has 0 radical (unpaired) electrons. The molecule has 2 aromatic carbocycles. The molecule has 0 atom stereocenters. The van der Waals surface area contributed by atoms with E-state index < -0.39 is 0 Å². The van der Waals surface area contributed by atoms with E-state index in [1.165, 1.54) is 11.8 Å². The number of aromatic nitrogens is 2. The molecule has 0 spiro atoms. The average molecular weight is 408 g/mol. The second-order valence-electron chi connectivity index (χ2n) is 7.55. The van der Waals surface area contributed by atoms with E-state index in [0.29, 0.717) is 22.6 Å². The molecule has 3 aromatic rings. The quantitative estimate of drug-likeness (QED) is 0.452. The first-order valence-corrected chi connectivity index (χ1v) is 11.0. The Morgan fingerprint density at radius 1 is 1.10 bits per heavy atom. The Bertz CT molecular complexity index is 1060. The number of rotatable bonds is 6. The van der Waals surface area contributed by atoms with Crippen LogP contribution in [0.4, 0.5) is 0 Å². The molecule has 1 saturated carbocycles. The van der Waals surface area contributed by atoms with Crippen molar-refractivity contribution in [1.29, 1.82) is 0 Å². The van der Waals surface area contributed by atoms with Crippen LogP contribution in [0.5, 0.6) is 0 Å². The van der Waals surface area contributed by atoms with E-state index in [4.69, 9.17) is 4.98 Å². The maximum absolute atomic E-state index is 13.2. The van der Waals surface area contributed by atoms with E-state index in [1.807, 2.05) is 66.2 Å². The molecule has 6 heteroatoms. The van der Waals surface area contributed by atoms with Crippen molar-refractivity contribution < 1.29 is 4.79 Å². The lowest BCUT2D eigenvalue weighted by Gasteiger charge is -2.20. The monoisotopic (exact) mass is 407 g/mol. The van der Waals surface area contributed by atoms with Crippen LogP contribution in [0.25, 0.3) is 10.9 Å². The summed E-state index contributed by atoms with van der Waals surface area (Å²) in [6.07, 6.45) is 4.25. The normalized spacial score (nSPS) is 14.4. The standard InChI is InChI=1S/C23H25N3O2S/c1-25(15-17-9-3-2-4-10-17)21(27)16-29-23-24-20-14-8-7-13-19(20)22(28)26(23)18-11-5-6-12-18/h2-4,7-10,13-14,18H,5-6,11-12,15-16H2,1H3. The number of carbonyl (C=O) groups excluding carboxylic acids is 1. The Morgan fingerprint density at radius 2 is 1.79 bits per heavy atom. The highest BCUT2D eigenvalue weighted by Gasteiger charge is 2.23. The number of thioether (sulfide) groups is 1. The van der Waals surface area contributed by atoms with Crippen LogP contribution >= 0.6 is 11.8 Å². The van der Waals surface area contributed by atoms with Gasteiger partial charge < -0.3 is 4.90 Å². The summed E-state index contributed by atoms with van der Waals surface area (Å²) in [7, 11) is 1.81. The third-order valence-electron chi connectivity index (χ3n) is 5.48. The molecule has 0 aliphatic heterocycles. The van der Waals surface area contributed by atoms with Gasteiger partial charge in [-0.3, -0.25) is 14.2 Å². The highest BCUT2D eigenvalue weighted by atomic mass is 32.2. The van der Waals surface area contributed by atoms with Crippen molar-refractivity contribution in [3.05, 3.63) is 70.5 Å². The fourth-order valence-electron chi connectivity index (χ4n) is 3.89. The van der Waals surface area contributed by atoms with Crippen LogP contribution in [0.3, 0.4) is 0 Å². The maximum atomic E-state index is 13.2. The van der Waals surface area contributed by atoms with Gasteiger partial charge in [-0.2, -0.15) is 0 Å². The largest absolute Gasteiger partial charge is 0.341 e. The van der Waals surface area contributed by atoms with Gasteiger partial charge in [0.15, 0.2) is 5.16 Å². The first-order valence-electron chi connectivity index (χ1n) is 10.1. The van der Waals surface area contributed by atoms with E-state index in [-0.39, 0.29) is 23.3 Å². The Labute approximate surface area is 174 Å². The van der Waals surface area contributed by atoms with Gasteiger partial charge in [-0.15, -0.1) is 0 Å². The molecule has 0 unspecified atom stereocenters. The van der Waals surface area contributed by atoms with Gasteiger partial charge in [0, 0.05) is 19.6 Å². The molecule has 0 N–H and O–H groups in total. The minimum atomic E-state index is 0.00934. The Balaban J connectivity index is 1.56. The lowest BCUT2D eigenvalue weighted by atomic mass is 10.2. The molecule has 150 valence electrons.